The van der Waals surface area contributed by atoms with Gasteiger partial charge in [-0.15, -0.1) is 0 Å². The topological polar surface area (TPSA) is 41.6 Å². The molecule has 4 nitrogen and oxygen atoms in total. The molecule has 0 bridgehead atoms. The third kappa shape index (κ3) is 2.62. The highest BCUT2D eigenvalue weighted by molar-refractivity contribution is 5.80. The fourth-order valence-corrected chi connectivity index (χ4v) is 3.51. The van der Waals surface area contributed by atoms with Crippen molar-refractivity contribution >= 4 is 5.91 Å². The quantitative estimate of drug-likeness (QED) is 0.917. The Hall–Kier alpha value is -1.62. The lowest BCUT2D eigenvalue weighted by Crippen LogP contribution is -2.46. The van der Waals surface area contributed by atoms with Crippen LogP contribution < -0.4 is 10.1 Å². The number of hydrogen-bond acceptors (Lipinski definition) is 3. The van der Waals surface area contributed by atoms with Crippen molar-refractivity contribution in [1.29, 1.82) is 0 Å². The largest absolute Gasteiger partial charge is 0.494 e. The second-order valence-electron chi connectivity index (χ2n) is 6.09. The van der Waals surface area contributed by atoms with Gasteiger partial charge in [-0.3, -0.25) is 4.79 Å². The molecule has 0 radical (unpaired) electrons. The van der Waals surface area contributed by atoms with E-state index in [0.717, 1.165) is 25.1 Å². The summed E-state index contributed by atoms with van der Waals surface area (Å²) in [6.07, 6.45) is 0.984. The van der Waals surface area contributed by atoms with Crippen molar-refractivity contribution in [2.24, 2.45) is 17.8 Å². The number of halogens is 1. The predicted molar refractivity (Wildman–Crippen MR) is 77.4 cm³/mol. The van der Waals surface area contributed by atoms with Gasteiger partial charge in [-0.2, -0.15) is 0 Å². The van der Waals surface area contributed by atoms with Crippen LogP contribution in [0.3, 0.4) is 0 Å². The molecule has 1 N–H and O–H groups in total. The van der Waals surface area contributed by atoms with Gasteiger partial charge in [0.15, 0.2) is 11.6 Å². The van der Waals surface area contributed by atoms with Crippen molar-refractivity contribution in [3.63, 3.8) is 0 Å². The van der Waals surface area contributed by atoms with Crippen LogP contribution in [0.25, 0.3) is 0 Å². The Morgan fingerprint density at radius 3 is 2.95 bits per heavy atom. The average Bonchev–Trinajstić information content (AvgIpc) is 2.80. The normalized spacial score (nSPS) is 26.9. The summed E-state index contributed by atoms with van der Waals surface area (Å²) in [6, 6.07) is 4.83. The van der Waals surface area contributed by atoms with Gasteiger partial charge < -0.3 is 15.0 Å². The fourth-order valence-electron chi connectivity index (χ4n) is 3.51. The van der Waals surface area contributed by atoms with E-state index in [1.807, 2.05) is 0 Å². The highest BCUT2D eigenvalue weighted by Crippen LogP contribution is 2.43. The average molecular weight is 292 g/mol. The van der Waals surface area contributed by atoms with Crippen LogP contribution in [-0.4, -0.2) is 38.1 Å². The lowest BCUT2D eigenvalue weighted by Gasteiger charge is -2.40. The van der Waals surface area contributed by atoms with E-state index in [1.165, 1.54) is 13.2 Å². The van der Waals surface area contributed by atoms with Gasteiger partial charge in [-0.05, 0) is 49.0 Å². The van der Waals surface area contributed by atoms with Gasteiger partial charge in [0.05, 0.1) is 7.11 Å². The third-order valence-electron chi connectivity index (χ3n) is 4.79. The maximum atomic E-state index is 13.7. The van der Waals surface area contributed by atoms with E-state index in [-0.39, 0.29) is 23.4 Å². The third-order valence-corrected chi connectivity index (χ3v) is 4.79. The molecule has 0 unspecified atom stereocenters. The van der Waals surface area contributed by atoms with Crippen molar-refractivity contribution in [2.45, 2.75) is 13.0 Å². The van der Waals surface area contributed by atoms with Gasteiger partial charge in [-0.25, -0.2) is 4.39 Å². The van der Waals surface area contributed by atoms with Crippen LogP contribution in [0.1, 0.15) is 12.0 Å². The SMILES string of the molecule is COc1ccc(CN(C)C(=O)[C@@H]2C[C@H]3CNC[C@H]32)cc1F. The van der Waals surface area contributed by atoms with Crippen molar-refractivity contribution in [3.05, 3.63) is 29.6 Å². The lowest BCUT2D eigenvalue weighted by atomic mass is 9.66. The van der Waals surface area contributed by atoms with Gasteiger partial charge in [0, 0.05) is 19.5 Å². The molecular weight excluding hydrogens is 271 g/mol. The van der Waals surface area contributed by atoms with E-state index in [9.17, 15) is 9.18 Å². The number of amides is 1. The van der Waals surface area contributed by atoms with Gasteiger partial charge in [0.1, 0.15) is 0 Å². The van der Waals surface area contributed by atoms with Gasteiger partial charge in [0.25, 0.3) is 0 Å². The van der Waals surface area contributed by atoms with E-state index in [2.05, 4.69) is 5.32 Å². The predicted octanol–water partition coefficient (Wildman–Crippen LogP) is 1.65. The van der Waals surface area contributed by atoms with Crippen molar-refractivity contribution in [2.75, 3.05) is 27.2 Å². The molecule has 2 aliphatic rings. The first-order chi connectivity index (χ1) is 10.1. The Morgan fingerprint density at radius 2 is 2.29 bits per heavy atom. The number of ether oxygens (including phenoxy) is 1. The van der Waals surface area contributed by atoms with E-state index in [4.69, 9.17) is 4.74 Å². The Bertz CT molecular complexity index is 549. The van der Waals surface area contributed by atoms with Gasteiger partial charge >= 0.3 is 0 Å². The molecule has 0 aromatic heterocycles. The molecule has 21 heavy (non-hydrogen) atoms. The Balaban J connectivity index is 1.62. The highest BCUT2D eigenvalue weighted by atomic mass is 19.1. The summed E-state index contributed by atoms with van der Waals surface area (Å²) in [5.74, 6) is 1.32. The molecule has 2 fully saturated rings. The summed E-state index contributed by atoms with van der Waals surface area (Å²) < 4.78 is 18.6. The summed E-state index contributed by atoms with van der Waals surface area (Å²) in [4.78, 5) is 14.2. The van der Waals surface area contributed by atoms with Crippen LogP contribution in [-0.2, 0) is 11.3 Å². The zero-order chi connectivity index (χ0) is 15.0. The first-order valence-electron chi connectivity index (χ1n) is 7.38. The minimum atomic E-state index is -0.389. The van der Waals surface area contributed by atoms with Crippen molar-refractivity contribution in [3.8, 4) is 5.75 Å². The lowest BCUT2D eigenvalue weighted by molar-refractivity contribution is -0.142. The molecule has 0 spiro atoms. The molecule has 1 aromatic carbocycles. The smallest absolute Gasteiger partial charge is 0.226 e. The van der Waals surface area contributed by atoms with E-state index < -0.39 is 0 Å². The maximum Gasteiger partial charge on any atom is 0.226 e. The molecule has 5 heteroatoms. The molecule has 1 saturated carbocycles. The Labute approximate surface area is 124 Å². The van der Waals surface area contributed by atoms with Gasteiger partial charge in [0.2, 0.25) is 5.91 Å². The number of rotatable bonds is 4. The molecule has 114 valence electrons. The fraction of sp³-hybridized carbons (Fsp3) is 0.562. The molecule has 1 saturated heterocycles. The molecule has 3 atom stereocenters. The molecular formula is C16H21FN2O2. The monoisotopic (exact) mass is 292 g/mol. The summed E-state index contributed by atoms with van der Waals surface area (Å²) in [7, 11) is 3.23. The number of nitrogens with one attached hydrogen (secondary N) is 1. The zero-order valence-corrected chi connectivity index (χ0v) is 12.4. The number of benzene rings is 1. The molecule has 1 aliphatic carbocycles. The minimum absolute atomic E-state index is 0.137. The summed E-state index contributed by atoms with van der Waals surface area (Å²) in [5.41, 5.74) is 0.782. The van der Waals surface area contributed by atoms with Crippen LogP contribution in [0.5, 0.6) is 5.75 Å². The van der Waals surface area contributed by atoms with Crippen molar-refractivity contribution < 1.29 is 13.9 Å². The maximum absolute atomic E-state index is 13.7. The second kappa shape index (κ2) is 5.64. The van der Waals surface area contributed by atoms with Gasteiger partial charge in [-0.1, -0.05) is 6.07 Å². The van der Waals surface area contributed by atoms with E-state index in [1.54, 1.807) is 24.1 Å². The van der Waals surface area contributed by atoms with Crippen LogP contribution in [0.15, 0.2) is 18.2 Å². The number of methoxy groups -OCH3 is 1. The molecule has 3 rings (SSSR count). The van der Waals surface area contributed by atoms with E-state index in [0.29, 0.717) is 18.4 Å². The Morgan fingerprint density at radius 1 is 1.48 bits per heavy atom. The molecule has 1 heterocycles. The standard InChI is InChI=1S/C16H21FN2O2/c1-19(9-10-3-4-15(21-2)14(17)5-10)16(20)12-6-11-7-18-8-13(11)12/h3-5,11-13,18H,6-9H2,1-2H3/t11-,12+,13+/m0/s1. The van der Waals surface area contributed by atoms with Crippen LogP contribution in [0.2, 0.25) is 0 Å². The van der Waals surface area contributed by atoms with Crippen LogP contribution >= 0.6 is 0 Å². The molecule has 1 aromatic rings. The minimum Gasteiger partial charge on any atom is -0.494 e. The molecule has 1 amide bonds. The first kappa shape index (κ1) is 14.3. The number of hydrogen-bond donors (Lipinski definition) is 1. The number of fused-ring (bicyclic) bond motifs is 1. The number of carbonyl (C=O) groups excluding carboxylic acids is 1. The summed E-state index contributed by atoms with van der Waals surface area (Å²) in [6.45, 7) is 2.43. The van der Waals surface area contributed by atoms with Crippen molar-refractivity contribution in [1.82, 2.24) is 10.2 Å². The first-order valence-corrected chi connectivity index (χ1v) is 7.38. The number of nitrogens with zero attached hydrogens (tertiary/aromatic N) is 1. The van der Waals surface area contributed by atoms with E-state index >= 15 is 0 Å². The summed E-state index contributed by atoms with van der Waals surface area (Å²) >= 11 is 0. The summed E-state index contributed by atoms with van der Waals surface area (Å²) in [5, 5.41) is 3.34. The van der Waals surface area contributed by atoms with Crippen LogP contribution in [0, 0.1) is 23.6 Å². The zero-order valence-electron chi connectivity index (χ0n) is 12.4. The highest BCUT2D eigenvalue weighted by Gasteiger charge is 2.48. The number of carbonyl (C=O) groups is 1. The Kier molecular flexibility index (Phi) is 3.85. The molecule has 1 aliphatic heterocycles. The van der Waals surface area contributed by atoms with Crippen LogP contribution in [0.4, 0.5) is 4.39 Å². The second-order valence-corrected chi connectivity index (χ2v) is 6.09.